The Kier molecular flexibility index (Phi) is 5.27. The number of aryl methyl sites for hydroxylation is 1. The van der Waals surface area contributed by atoms with Gasteiger partial charge < -0.3 is 15.8 Å². The summed E-state index contributed by atoms with van der Waals surface area (Å²) >= 11 is 0. The van der Waals surface area contributed by atoms with Gasteiger partial charge in [-0.3, -0.25) is 9.48 Å². The van der Waals surface area contributed by atoms with Crippen LogP contribution in [-0.2, 0) is 17.8 Å². The molecule has 1 aromatic carbocycles. The van der Waals surface area contributed by atoms with Crippen LogP contribution in [0.1, 0.15) is 40.9 Å². The van der Waals surface area contributed by atoms with Crippen molar-refractivity contribution in [3.05, 3.63) is 53.3 Å². The highest BCUT2D eigenvalue weighted by atomic mass is 16.5. The molecule has 0 bridgehead atoms. The molecular formula is C18H24N4O2. The van der Waals surface area contributed by atoms with Gasteiger partial charge in [-0.15, -0.1) is 0 Å². The van der Waals surface area contributed by atoms with Gasteiger partial charge >= 0.3 is 0 Å². The maximum atomic E-state index is 11.1. The second-order valence-electron chi connectivity index (χ2n) is 6.16. The number of hydrogen-bond acceptors (Lipinski definition) is 4. The third-order valence-corrected chi connectivity index (χ3v) is 4.49. The van der Waals surface area contributed by atoms with Gasteiger partial charge in [0.2, 0.25) is 5.91 Å². The molecule has 3 N–H and O–H groups in total. The second kappa shape index (κ2) is 7.59. The largest absolute Gasteiger partial charge is 0.373 e. The van der Waals surface area contributed by atoms with Crippen LogP contribution in [0.15, 0.2) is 36.7 Å². The molecule has 0 radical (unpaired) electrons. The molecule has 0 spiro atoms. The Hall–Kier alpha value is -2.18. The van der Waals surface area contributed by atoms with E-state index in [0.717, 1.165) is 43.8 Å². The van der Waals surface area contributed by atoms with E-state index in [1.807, 2.05) is 23.0 Å². The van der Waals surface area contributed by atoms with Crippen molar-refractivity contribution < 1.29 is 9.53 Å². The lowest BCUT2D eigenvalue weighted by Gasteiger charge is -2.18. The molecule has 128 valence electrons. The van der Waals surface area contributed by atoms with Crippen LogP contribution in [0.4, 0.5) is 0 Å². The zero-order valence-electron chi connectivity index (χ0n) is 13.9. The molecule has 2 unspecified atom stereocenters. The van der Waals surface area contributed by atoms with E-state index in [1.54, 1.807) is 12.1 Å². The number of primary amides is 1. The van der Waals surface area contributed by atoms with Crippen LogP contribution >= 0.6 is 0 Å². The normalized spacial score (nSPS) is 20.4. The Morgan fingerprint density at radius 2 is 2.21 bits per heavy atom. The van der Waals surface area contributed by atoms with Crippen molar-refractivity contribution in [2.75, 3.05) is 13.2 Å². The maximum Gasteiger partial charge on any atom is 0.248 e. The van der Waals surface area contributed by atoms with Crippen molar-refractivity contribution >= 4 is 5.91 Å². The Morgan fingerprint density at radius 1 is 1.42 bits per heavy atom. The Bertz CT molecular complexity index is 681. The number of carbonyl (C=O) groups excluding carboxylic acids is 1. The van der Waals surface area contributed by atoms with Crippen molar-refractivity contribution in [2.24, 2.45) is 11.7 Å². The van der Waals surface area contributed by atoms with Crippen molar-refractivity contribution in [1.82, 2.24) is 15.1 Å². The van der Waals surface area contributed by atoms with Crippen molar-refractivity contribution in [1.29, 1.82) is 0 Å². The first-order valence-corrected chi connectivity index (χ1v) is 8.40. The molecule has 2 heterocycles. The minimum absolute atomic E-state index is 0.120. The first-order valence-electron chi connectivity index (χ1n) is 8.40. The van der Waals surface area contributed by atoms with E-state index in [9.17, 15) is 4.79 Å². The molecule has 1 amide bonds. The number of nitrogens with zero attached hydrogens (tertiary/aromatic N) is 2. The van der Waals surface area contributed by atoms with E-state index in [-0.39, 0.29) is 6.10 Å². The van der Waals surface area contributed by atoms with Crippen LogP contribution in [-0.4, -0.2) is 28.8 Å². The molecule has 1 aliphatic heterocycles. The monoisotopic (exact) mass is 328 g/mol. The lowest BCUT2D eigenvalue weighted by Crippen LogP contribution is -2.24. The Morgan fingerprint density at radius 3 is 2.88 bits per heavy atom. The third-order valence-electron chi connectivity index (χ3n) is 4.49. The molecule has 24 heavy (non-hydrogen) atoms. The number of ether oxygens (including phenoxy) is 1. The molecule has 2 atom stereocenters. The van der Waals surface area contributed by atoms with Gasteiger partial charge in [0.05, 0.1) is 12.3 Å². The number of benzene rings is 1. The molecule has 2 aromatic rings. The van der Waals surface area contributed by atoms with E-state index < -0.39 is 5.91 Å². The van der Waals surface area contributed by atoms with Crippen LogP contribution in [0.25, 0.3) is 0 Å². The molecule has 0 saturated carbocycles. The minimum Gasteiger partial charge on any atom is -0.373 e. The molecule has 1 aliphatic rings. The average Bonchev–Trinajstić information content (AvgIpc) is 3.23. The van der Waals surface area contributed by atoms with Crippen LogP contribution in [0.5, 0.6) is 0 Å². The Labute approximate surface area is 142 Å². The van der Waals surface area contributed by atoms with Gasteiger partial charge in [-0.05, 0) is 31.0 Å². The van der Waals surface area contributed by atoms with E-state index >= 15 is 0 Å². The molecule has 6 heteroatoms. The molecule has 6 nitrogen and oxygen atoms in total. The number of carbonyl (C=O) groups is 1. The van der Waals surface area contributed by atoms with E-state index in [1.165, 1.54) is 0 Å². The van der Waals surface area contributed by atoms with Gasteiger partial charge in [-0.1, -0.05) is 12.1 Å². The minimum atomic E-state index is -0.395. The fraction of sp³-hybridized carbons (Fsp3) is 0.444. The molecule has 1 saturated heterocycles. The third kappa shape index (κ3) is 3.83. The summed E-state index contributed by atoms with van der Waals surface area (Å²) in [5.41, 5.74) is 8.08. The van der Waals surface area contributed by atoms with Crippen molar-refractivity contribution in [3.63, 3.8) is 0 Å². The van der Waals surface area contributed by atoms with E-state index in [4.69, 9.17) is 10.5 Å². The highest BCUT2D eigenvalue weighted by Gasteiger charge is 2.30. The lowest BCUT2D eigenvalue weighted by atomic mass is 9.97. The first-order chi connectivity index (χ1) is 11.7. The molecular weight excluding hydrogens is 304 g/mol. The number of nitrogens with one attached hydrogen (secondary N) is 1. The summed E-state index contributed by atoms with van der Waals surface area (Å²) in [5, 5.41) is 7.83. The van der Waals surface area contributed by atoms with Gasteiger partial charge in [0.25, 0.3) is 0 Å². The van der Waals surface area contributed by atoms with Crippen molar-refractivity contribution in [3.8, 4) is 0 Å². The fourth-order valence-electron chi connectivity index (χ4n) is 3.10. The SMILES string of the molecule is CCn1cc(C2OCCC2CNCc2ccc(C(N)=O)cc2)cn1. The highest BCUT2D eigenvalue weighted by molar-refractivity contribution is 5.92. The topological polar surface area (TPSA) is 82.2 Å². The smallest absolute Gasteiger partial charge is 0.248 e. The number of rotatable bonds is 7. The highest BCUT2D eigenvalue weighted by Crippen LogP contribution is 2.33. The van der Waals surface area contributed by atoms with Gasteiger partial charge in [0.15, 0.2) is 0 Å². The molecule has 1 aromatic heterocycles. The van der Waals surface area contributed by atoms with Crippen LogP contribution in [0.3, 0.4) is 0 Å². The van der Waals surface area contributed by atoms with E-state index in [2.05, 4.69) is 23.5 Å². The first kappa shape index (κ1) is 16.7. The average molecular weight is 328 g/mol. The maximum absolute atomic E-state index is 11.1. The zero-order valence-corrected chi connectivity index (χ0v) is 13.9. The van der Waals surface area contributed by atoms with Crippen LogP contribution in [0.2, 0.25) is 0 Å². The van der Waals surface area contributed by atoms with Gasteiger partial charge in [-0.25, -0.2) is 0 Å². The summed E-state index contributed by atoms with van der Waals surface area (Å²) in [5.74, 6) is 0.0532. The van der Waals surface area contributed by atoms with Crippen molar-refractivity contribution in [2.45, 2.75) is 32.5 Å². The summed E-state index contributed by atoms with van der Waals surface area (Å²) in [4.78, 5) is 11.1. The number of nitrogens with two attached hydrogens (primary N) is 1. The summed E-state index contributed by atoms with van der Waals surface area (Å²) in [6.07, 6.45) is 5.16. The number of aromatic nitrogens is 2. The van der Waals surface area contributed by atoms with Gasteiger partial charge in [-0.2, -0.15) is 5.10 Å². The van der Waals surface area contributed by atoms with Gasteiger partial charge in [0, 0.05) is 49.5 Å². The quantitative estimate of drug-likeness (QED) is 0.813. The summed E-state index contributed by atoms with van der Waals surface area (Å²) < 4.78 is 7.84. The predicted molar refractivity (Wildman–Crippen MR) is 91.4 cm³/mol. The second-order valence-corrected chi connectivity index (χ2v) is 6.16. The molecule has 1 fully saturated rings. The van der Waals surface area contributed by atoms with E-state index in [0.29, 0.717) is 11.5 Å². The Balaban J connectivity index is 1.52. The zero-order chi connectivity index (χ0) is 16.9. The standard InChI is InChI=1S/C18H24N4O2/c1-2-22-12-16(11-21-22)17-15(7-8-24-17)10-20-9-13-3-5-14(6-4-13)18(19)23/h3-6,11-12,15,17,20H,2,7-10H2,1H3,(H2,19,23). The van der Waals surface area contributed by atoms with Crippen LogP contribution < -0.4 is 11.1 Å². The molecule has 0 aliphatic carbocycles. The number of amides is 1. The van der Waals surface area contributed by atoms with Crippen LogP contribution in [0, 0.1) is 5.92 Å². The summed E-state index contributed by atoms with van der Waals surface area (Å²) in [6.45, 7) is 5.39. The lowest BCUT2D eigenvalue weighted by molar-refractivity contribution is 0.0903. The number of hydrogen-bond donors (Lipinski definition) is 2. The summed E-state index contributed by atoms with van der Waals surface area (Å²) in [6, 6.07) is 7.39. The molecule has 3 rings (SSSR count). The van der Waals surface area contributed by atoms with Gasteiger partial charge in [0.1, 0.15) is 0 Å². The predicted octanol–water partition coefficient (Wildman–Crippen LogP) is 1.87. The fourth-order valence-corrected chi connectivity index (χ4v) is 3.10. The summed E-state index contributed by atoms with van der Waals surface area (Å²) in [7, 11) is 0.